The van der Waals surface area contributed by atoms with Crippen LogP contribution in [-0.4, -0.2) is 35.4 Å². The summed E-state index contributed by atoms with van der Waals surface area (Å²) in [5.74, 6) is -0.368. The van der Waals surface area contributed by atoms with Crippen LogP contribution in [0.25, 0.3) is 0 Å². The van der Waals surface area contributed by atoms with Crippen LogP contribution in [0, 0.1) is 0 Å². The quantitative estimate of drug-likeness (QED) is 0.675. The average molecular weight is 307 g/mol. The number of hydrogen-bond donors (Lipinski definition) is 3. The molecule has 3 N–H and O–H groups in total. The van der Waals surface area contributed by atoms with Gasteiger partial charge in [0.25, 0.3) is 5.91 Å². The van der Waals surface area contributed by atoms with E-state index in [1.165, 1.54) is 4.88 Å². The molecule has 0 aliphatic rings. The standard InChI is InChI=1S/C15H17NO4S/c17-9-12(18)10-20-16-15(19)14-6-2-1-4-11(14)8-13-5-3-7-21-13/h1-7,12,17-18H,8-10H2,(H,16,19). The molecule has 1 unspecified atom stereocenters. The molecular formula is C15H17NO4S. The molecule has 6 heteroatoms. The number of carbonyl (C=O) groups is 1. The molecule has 0 aliphatic heterocycles. The lowest BCUT2D eigenvalue weighted by Gasteiger charge is -2.11. The lowest BCUT2D eigenvalue weighted by atomic mass is 10.0. The van der Waals surface area contributed by atoms with Crippen LogP contribution in [-0.2, 0) is 11.3 Å². The Bertz CT molecular complexity index is 571. The van der Waals surface area contributed by atoms with Crippen molar-refractivity contribution < 1.29 is 19.8 Å². The number of thiophene rings is 1. The molecule has 1 amide bonds. The van der Waals surface area contributed by atoms with E-state index >= 15 is 0 Å². The summed E-state index contributed by atoms with van der Waals surface area (Å²) in [6.07, 6.45) is -0.327. The Labute approximate surface area is 126 Å². The lowest BCUT2D eigenvalue weighted by molar-refractivity contribution is -0.0295. The van der Waals surface area contributed by atoms with E-state index in [2.05, 4.69) is 5.48 Å². The zero-order valence-electron chi connectivity index (χ0n) is 11.4. The zero-order valence-corrected chi connectivity index (χ0v) is 12.2. The molecule has 1 atom stereocenters. The van der Waals surface area contributed by atoms with Crippen molar-refractivity contribution in [3.05, 3.63) is 57.8 Å². The summed E-state index contributed by atoms with van der Waals surface area (Å²) >= 11 is 1.64. The van der Waals surface area contributed by atoms with Crippen molar-refractivity contribution in [2.45, 2.75) is 12.5 Å². The van der Waals surface area contributed by atoms with Gasteiger partial charge in [-0.2, -0.15) is 0 Å². The summed E-state index contributed by atoms with van der Waals surface area (Å²) < 4.78 is 0. The summed E-state index contributed by atoms with van der Waals surface area (Å²) in [6.45, 7) is -0.569. The van der Waals surface area contributed by atoms with Gasteiger partial charge in [0, 0.05) is 16.9 Å². The van der Waals surface area contributed by atoms with Crippen LogP contribution in [0.3, 0.4) is 0 Å². The Morgan fingerprint density at radius 2 is 2.10 bits per heavy atom. The van der Waals surface area contributed by atoms with Crippen LogP contribution in [0.1, 0.15) is 20.8 Å². The van der Waals surface area contributed by atoms with Crippen LogP contribution in [0.15, 0.2) is 41.8 Å². The molecular weight excluding hydrogens is 290 g/mol. The molecule has 0 saturated carbocycles. The highest BCUT2D eigenvalue weighted by Crippen LogP contribution is 2.18. The van der Waals surface area contributed by atoms with Crippen molar-refractivity contribution in [3.8, 4) is 0 Å². The largest absolute Gasteiger partial charge is 0.394 e. The van der Waals surface area contributed by atoms with Gasteiger partial charge in [-0.1, -0.05) is 24.3 Å². The summed E-state index contributed by atoms with van der Waals surface area (Å²) in [6, 6.07) is 11.3. The van der Waals surface area contributed by atoms with Gasteiger partial charge in [-0.05, 0) is 23.1 Å². The Morgan fingerprint density at radius 1 is 1.29 bits per heavy atom. The predicted octanol–water partition coefficient (Wildman–Crippen LogP) is 1.35. The number of amides is 1. The fourth-order valence-electron chi connectivity index (χ4n) is 1.81. The third-order valence-corrected chi connectivity index (χ3v) is 3.73. The van der Waals surface area contributed by atoms with Gasteiger partial charge >= 0.3 is 0 Å². The first kappa shape index (κ1) is 15.7. The van der Waals surface area contributed by atoms with Gasteiger partial charge in [0.15, 0.2) is 0 Å². The van der Waals surface area contributed by atoms with Gasteiger partial charge in [-0.3, -0.25) is 9.63 Å². The highest BCUT2D eigenvalue weighted by molar-refractivity contribution is 7.09. The second-order valence-electron chi connectivity index (χ2n) is 4.49. The molecule has 0 aliphatic carbocycles. The molecule has 1 aromatic carbocycles. The van der Waals surface area contributed by atoms with Crippen LogP contribution < -0.4 is 5.48 Å². The van der Waals surface area contributed by atoms with Crippen molar-refractivity contribution in [3.63, 3.8) is 0 Å². The smallest absolute Gasteiger partial charge is 0.275 e. The fourth-order valence-corrected chi connectivity index (χ4v) is 2.54. The van der Waals surface area contributed by atoms with E-state index in [4.69, 9.17) is 15.1 Å². The van der Waals surface area contributed by atoms with Gasteiger partial charge in [-0.25, -0.2) is 5.48 Å². The van der Waals surface area contributed by atoms with Crippen molar-refractivity contribution in [2.75, 3.05) is 13.2 Å². The third-order valence-electron chi connectivity index (χ3n) is 2.86. The van der Waals surface area contributed by atoms with Crippen LogP contribution in [0.2, 0.25) is 0 Å². The summed E-state index contributed by atoms with van der Waals surface area (Å²) in [4.78, 5) is 18.1. The average Bonchev–Trinajstić information content (AvgIpc) is 3.00. The number of carbonyl (C=O) groups excluding carboxylic acids is 1. The molecule has 0 saturated heterocycles. The van der Waals surface area contributed by atoms with Crippen LogP contribution in [0.4, 0.5) is 0 Å². The van der Waals surface area contributed by atoms with Gasteiger partial charge in [0.1, 0.15) is 12.7 Å². The topological polar surface area (TPSA) is 78.8 Å². The van der Waals surface area contributed by atoms with Crippen LogP contribution >= 0.6 is 11.3 Å². The van der Waals surface area contributed by atoms with E-state index in [1.54, 1.807) is 23.5 Å². The minimum Gasteiger partial charge on any atom is -0.394 e. The minimum absolute atomic E-state index is 0.157. The van der Waals surface area contributed by atoms with E-state index in [1.807, 2.05) is 29.6 Å². The lowest BCUT2D eigenvalue weighted by Crippen LogP contribution is -2.30. The van der Waals surface area contributed by atoms with Gasteiger partial charge in [0.05, 0.1) is 6.61 Å². The van der Waals surface area contributed by atoms with E-state index in [9.17, 15) is 4.79 Å². The second kappa shape index (κ2) is 7.90. The number of hydrogen-bond acceptors (Lipinski definition) is 5. The second-order valence-corrected chi connectivity index (χ2v) is 5.52. The maximum absolute atomic E-state index is 12.1. The van der Waals surface area contributed by atoms with Crippen molar-refractivity contribution >= 4 is 17.2 Å². The number of aliphatic hydroxyl groups excluding tert-OH is 2. The van der Waals surface area contributed by atoms with E-state index in [0.29, 0.717) is 12.0 Å². The Balaban J connectivity index is 2.00. The van der Waals surface area contributed by atoms with E-state index in [0.717, 1.165) is 5.56 Å². The molecule has 1 heterocycles. The molecule has 0 fully saturated rings. The highest BCUT2D eigenvalue weighted by Gasteiger charge is 2.12. The molecule has 0 bridgehead atoms. The van der Waals surface area contributed by atoms with Crippen molar-refractivity contribution in [1.29, 1.82) is 0 Å². The molecule has 2 aromatic rings. The molecule has 0 spiro atoms. The minimum atomic E-state index is -1.01. The number of nitrogens with one attached hydrogen (secondary N) is 1. The number of hydroxylamine groups is 1. The normalized spacial score (nSPS) is 12.1. The Hall–Kier alpha value is -1.73. The predicted molar refractivity (Wildman–Crippen MR) is 80.1 cm³/mol. The van der Waals surface area contributed by atoms with Gasteiger partial charge in [0.2, 0.25) is 0 Å². The first-order chi connectivity index (χ1) is 10.2. The molecule has 2 rings (SSSR count). The first-order valence-electron chi connectivity index (χ1n) is 6.52. The Morgan fingerprint density at radius 3 is 2.81 bits per heavy atom. The first-order valence-corrected chi connectivity index (χ1v) is 7.40. The summed E-state index contributed by atoms with van der Waals surface area (Å²) in [5.41, 5.74) is 3.72. The van der Waals surface area contributed by atoms with Crippen molar-refractivity contribution in [1.82, 2.24) is 5.48 Å². The SMILES string of the molecule is O=C(NOCC(O)CO)c1ccccc1Cc1cccs1. The number of benzene rings is 1. The molecule has 21 heavy (non-hydrogen) atoms. The number of aliphatic hydroxyl groups is 2. The molecule has 112 valence electrons. The maximum atomic E-state index is 12.1. The maximum Gasteiger partial charge on any atom is 0.275 e. The van der Waals surface area contributed by atoms with E-state index in [-0.39, 0.29) is 12.5 Å². The number of rotatable bonds is 7. The highest BCUT2D eigenvalue weighted by atomic mass is 32.1. The Kier molecular flexibility index (Phi) is 5.89. The van der Waals surface area contributed by atoms with E-state index < -0.39 is 12.7 Å². The molecule has 1 aromatic heterocycles. The third kappa shape index (κ3) is 4.64. The zero-order chi connectivity index (χ0) is 15.1. The van der Waals surface area contributed by atoms with Crippen molar-refractivity contribution in [2.24, 2.45) is 0 Å². The van der Waals surface area contributed by atoms with Crippen LogP contribution in [0.5, 0.6) is 0 Å². The molecule has 5 nitrogen and oxygen atoms in total. The summed E-state index contributed by atoms with van der Waals surface area (Å²) in [5, 5.41) is 19.8. The molecule has 0 radical (unpaired) electrons. The summed E-state index contributed by atoms with van der Waals surface area (Å²) in [7, 11) is 0. The monoisotopic (exact) mass is 307 g/mol. The van der Waals surface area contributed by atoms with Gasteiger partial charge in [-0.15, -0.1) is 11.3 Å². The fraction of sp³-hybridized carbons (Fsp3) is 0.267. The van der Waals surface area contributed by atoms with Gasteiger partial charge < -0.3 is 10.2 Å².